The molecule has 108 valence electrons. The van der Waals surface area contributed by atoms with Crippen molar-refractivity contribution in [3.63, 3.8) is 0 Å². The third-order valence-electron chi connectivity index (χ3n) is 3.73. The van der Waals surface area contributed by atoms with E-state index >= 15 is 0 Å². The van der Waals surface area contributed by atoms with Crippen LogP contribution in [-0.4, -0.2) is 34.1 Å². The average molecular weight is 279 g/mol. The summed E-state index contributed by atoms with van der Waals surface area (Å²) in [5.41, 5.74) is -0.323. The highest BCUT2D eigenvalue weighted by Gasteiger charge is 2.26. The molecule has 0 bridgehead atoms. The van der Waals surface area contributed by atoms with Crippen LogP contribution in [-0.2, 0) is 0 Å². The molecule has 1 saturated carbocycles. The predicted octanol–water partition coefficient (Wildman–Crippen LogP) is 2.46. The van der Waals surface area contributed by atoms with Crippen LogP contribution in [0, 0.1) is 10.1 Å². The maximum atomic E-state index is 11.1. The molecule has 0 aliphatic heterocycles. The number of aromatic carboxylic acids is 1. The Labute approximate surface area is 116 Å². The highest BCUT2D eigenvalue weighted by Crippen LogP contribution is 2.31. The molecule has 0 amide bonds. The van der Waals surface area contributed by atoms with Gasteiger partial charge < -0.3 is 10.0 Å². The second-order valence-corrected chi connectivity index (χ2v) is 5.00. The minimum Gasteiger partial charge on any atom is -0.477 e. The third kappa shape index (κ3) is 2.87. The molecule has 0 unspecified atom stereocenters. The van der Waals surface area contributed by atoms with Gasteiger partial charge in [0.15, 0.2) is 5.69 Å². The fourth-order valence-electron chi connectivity index (χ4n) is 2.60. The Morgan fingerprint density at radius 1 is 1.40 bits per heavy atom. The van der Waals surface area contributed by atoms with Crippen molar-refractivity contribution in [1.82, 2.24) is 4.98 Å². The summed E-state index contributed by atoms with van der Waals surface area (Å²) in [6.45, 7) is 0. The molecule has 7 nitrogen and oxygen atoms in total. The summed E-state index contributed by atoms with van der Waals surface area (Å²) in [6.07, 6.45) is 5.25. The number of aromatic nitrogens is 1. The van der Waals surface area contributed by atoms with Crippen LogP contribution in [0.1, 0.15) is 42.6 Å². The van der Waals surface area contributed by atoms with E-state index in [1.54, 1.807) is 11.9 Å². The normalized spacial score (nSPS) is 15.8. The van der Waals surface area contributed by atoms with Crippen LogP contribution in [0.25, 0.3) is 0 Å². The largest absolute Gasteiger partial charge is 0.477 e. The summed E-state index contributed by atoms with van der Waals surface area (Å²) in [5, 5.41) is 20.1. The molecule has 0 saturated heterocycles. The van der Waals surface area contributed by atoms with Crippen LogP contribution < -0.4 is 4.90 Å². The number of hydrogen-bond acceptors (Lipinski definition) is 5. The zero-order valence-corrected chi connectivity index (χ0v) is 11.3. The molecule has 1 fully saturated rings. The number of anilines is 1. The lowest BCUT2D eigenvalue weighted by atomic mass is 9.94. The monoisotopic (exact) mass is 279 g/mol. The molecule has 7 heteroatoms. The summed E-state index contributed by atoms with van der Waals surface area (Å²) in [5.74, 6) is -1.04. The highest BCUT2D eigenvalue weighted by atomic mass is 16.6. The van der Waals surface area contributed by atoms with Gasteiger partial charge in [-0.05, 0) is 18.9 Å². The first kappa shape index (κ1) is 14.2. The lowest BCUT2D eigenvalue weighted by Gasteiger charge is -2.31. The van der Waals surface area contributed by atoms with Crippen molar-refractivity contribution in [3.8, 4) is 0 Å². The number of nitro groups is 1. The van der Waals surface area contributed by atoms with Crippen LogP contribution >= 0.6 is 0 Å². The Morgan fingerprint density at radius 3 is 2.60 bits per heavy atom. The number of carboxylic acid groups (broad SMARTS) is 1. The quantitative estimate of drug-likeness (QED) is 0.671. The van der Waals surface area contributed by atoms with Crippen molar-refractivity contribution >= 4 is 17.5 Å². The molecule has 1 heterocycles. The van der Waals surface area contributed by atoms with E-state index in [-0.39, 0.29) is 23.2 Å². The first-order valence-corrected chi connectivity index (χ1v) is 6.62. The average Bonchev–Trinajstić information content (AvgIpc) is 2.46. The van der Waals surface area contributed by atoms with E-state index < -0.39 is 10.9 Å². The number of carbonyl (C=O) groups is 1. The molecule has 1 aliphatic rings. The maximum absolute atomic E-state index is 11.1. The van der Waals surface area contributed by atoms with Crippen molar-refractivity contribution in [3.05, 3.63) is 27.9 Å². The van der Waals surface area contributed by atoms with E-state index in [1.807, 2.05) is 0 Å². The molecule has 0 spiro atoms. The molecule has 1 aromatic heterocycles. The Balaban J connectivity index is 2.37. The Kier molecular flexibility index (Phi) is 4.16. The second-order valence-electron chi connectivity index (χ2n) is 5.00. The molecule has 0 aromatic carbocycles. The van der Waals surface area contributed by atoms with Crippen LogP contribution in [0.5, 0.6) is 0 Å². The Morgan fingerprint density at radius 2 is 2.05 bits per heavy atom. The summed E-state index contributed by atoms with van der Waals surface area (Å²) in [6, 6.07) is 2.56. The minimum atomic E-state index is -1.18. The molecule has 2 rings (SSSR count). The SMILES string of the molecule is CN(c1nc(C(=O)O)ccc1[N+](=O)[O-])C1CCCCC1. The van der Waals surface area contributed by atoms with Crippen molar-refractivity contribution in [2.24, 2.45) is 0 Å². The summed E-state index contributed by atoms with van der Waals surface area (Å²) in [7, 11) is 1.75. The van der Waals surface area contributed by atoms with Crippen molar-refractivity contribution in [1.29, 1.82) is 0 Å². The molecule has 0 radical (unpaired) electrons. The van der Waals surface area contributed by atoms with Gasteiger partial charge in [0.2, 0.25) is 5.82 Å². The lowest BCUT2D eigenvalue weighted by Crippen LogP contribution is -2.34. The Hall–Kier alpha value is -2.18. The predicted molar refractivity (Wildman–Crippen MR) is 73.1 cm³/mol. The van der Waals surface area contributed by atoms with Crippen molar-refractivity contribution < 1.29 is 14.8 Å². The summed E-state index contributed by atoms with van der Waals surface area (Å²) >= 11 is 0. The molecule has 20 heavy (non-hydrogen) atoms. The Bertz CT molecular complexity index is 526. The van der Waals surface area contributed by atoms with Gasteiger partial charge in [-0.2, -0.15) is 0 Å². The van der Waals surface area contributed by atoms with E-state index in [9.17, 15) is 14.9 Å². The van der Waals surface area contributed by atoms with E-state index in [4.69, 9.17) is 5.11 Å². The first-order chi connectivity index (χ1) is 9.50. The highest BCUT2D eigenvalue weighted by molar-refractivity contribution is 5.86. The summed E-state index contributed by atoms with van der Waals surface area (Å²) in [4.78, 5) is 27.3. The van der Waals surface area contributed by atoms with Gasteiger partial charge in [0, 0.05) is 19.2 Å². The number of pyridine rings is 1. The van der Waals surface area contributed by atoms with Crippen LogP contribution in [0.15, 0.2) is 12.1 Å². The van der Waals surface area contributed by atoms with Gasteiger partial charge in [-0.3, -0.25) is 10.1 Å². The number of carboxylic acids is 1. The molecule has 1 aliphatic carbocycles. The van der Waals surface area contributed by atoms with E-state index in [0.717, 1.165) is 25.7 Å². The van der Waals surface area contributed by atoms with Crippen molar-refractivity contribution in [2.75, 3.05) is 11.9 Å². The van der Waals surface area contributed by atoms with Gasteiger partial charge >= 0.3 is 11.7 Å². The molecule has 1 N–H and O–H groups in total. The van der Waals surface area contributed by atoms with Gasteiger partial charge in [-0.1, -0.05) is 19.3 Å². The minimum absolute atomic E-state index is 0.141. The van der Waals surface area contributed by atoms with Gasteiger partial charge in [0.05, 0.1) is 4.92 Å². The van der Waals surface area contributed by atoms with Crippen LogP contribution in [0.3, 0.4) is 0 Å². The van der Waals surface area contributed by atoms with Gasteiger partial charge in [0.25, 0.3) is 0 Å². The van der Waals surface area contributed by atoms with E-state index in [0.29, 0.717) is 0 Å². The standard InChI is InChI=1S/C13H17N3O4/c1-15(9-5-3-2-4-6-9)12-11(16(19)20)8-7-10(14-12)13(17)18/h7-9H,2-6H2,1H3,(H,17,18). The number of nitrogens with zero attached hydrogens (tertiary/aromatic N) is 3. The second kappa shape index (κ2) is 5.85. The maximum Gasteiger partial charge on any atom is 0.354 e. The van der Waals surface area contributed by atoms with E-state index in [2.05, 4.69) is 4.98 Å². The van der Waals surface area contributed by atoms with Crippen LogP contribution in [0.2, 0.25) is 0 Å². The molecular formula is C13H17N3O4. The lowest BCUT2D eigenvalue weighted by molar-refractivity contribution is -0.384. The fourth-order valence-corrected chi connectivity index (χ4v) is 2.60. The zero-order chi connectivity index (χ0) is 14.7. The third-order valence-corrected chi connectivity index (χ3v) is 3.73. The van der Waals surface area contributed by atoms with E-state index in [1.165, 1.54) is 18.6 Å². The number of hydrogen-bond donors (Lipinski definition) is 1. The fraction of sp³-hybridized carbons (Fsp3) is 0.538. The van der Waals surface area contributed by atoms with Crippen LogP contribution in [0.4, 0.5) is 11.5 Å². The first-order valence-electron chi connectivity index (χ1n) is 6.62. The topological polar surface area (TPSA) is 96.6 Å². The van der Waals surface area contributed by atoms with Gasteiger partial charge in [0.1, 0.15) is 0 Å². The summed E-state index contributed by atoms with van der Waals surface area (Å²) < 4.78 is 0. The smallest absolute Gasteiger partial charge is 0.354 e. The zero-order valence-electron chi connectivity index (χ0n) is 11.3. The number of rotatable bonds is 4. The van der Waals surface area contributed by atoms with Crippen molar-refractivity contribution in [2.45, 2.75) is 38.1 Å². The molecule has 1 aromatic rings. The molecular weight excluding hydrogens is 262 g/mol. The molecule has 0 atom stereocenters. The van der Waals surface area contributed by atoms with Gasteiger partial charge in [-0.15, -0.1) is 0 Å². The van der Waals surface area contributed by atoms with Gasteiger partial charge in [-0.25, -0.2) is 9.78 Å².